The first-order valence-electron chi connectivity index (χ1n) is 6.33. The van der Waals surface area contributed by atoms with Gasteiger partial charge in [0.05, 0.1) is 5.02 Å². The van der Waals surface area contributed by atoms with Gasteiger partial charge in [-0.2, -0.15) is 4.31 Å². The molecular weight excluding hydrogens is 319 g/mol. The van der Waals surface area contributed by atoms with Crippen molar-refractivity contribution in [3.05, 3.63) is 28.8 Å². The van der Waals surface area contributed by atoms with Gasteiger partial charge in [-0.1, -0.05) is 17.7 Å². The van der Waals surface area contributed by atoms with Crippen molar-refractivity contribution in [1.82, 2.24) is 9.62 Å². The van der Waals surface area contributed by atoms with Crippen molar-refractivity contribution < 1.29 is 8.42 Å². The van der Waals surface area contributed by atoms with Gasteiger partial charge in [0.15, 0.2) is 0 Å². The summed E-state index contributed by atoms with van der Waals surface area (Å²) >= 11 is 6.08. The minimum Gasteiger partial charge on any atom is -0.309 e. The summed E-state index contributed by atoms with van der Waals surface area (Å²) in [7, 11) is -3.51. The molecule has 1 saturated heterocycles. The van der Waals surface area contributed by atoms with Crippen LogP contribution in [-0.2, 0) is 10.0 Å². The van der Waals surface area contributed by atoms with Crippen LogP contribution in [0.5, 0.6) is 0 Å². The Labute approximate surface area is 132 Å². The zero-order valence-electron chi connectivity index (χ0n) is 11.8. The molecule has 1 aromatic carbocycles. The van der Waals surface area contributed by atoms with Gasteiger partial charge in [-0.3, -0.25) is 0 Å². The quantitative estimate of drug-likeness (QED) is 0.900. The van der Waals surface area contributed by atoms with Crippen molar-refractivity contribution in [2.45, 2.75) is 37.8 Å². The van der Waals surface area contributed by atoms with E-state index in [9.17, 15) is 8.42 Å². The van der Waals surface area contributed by atoms with Gasteiger partial charge in [0.2, 0.25) is 10.0 Å². The lowest BCUT2D eigenvalue weighted by Crippen LogP contribution is -2.55. The summed E-state index contributed by atoms with van der Waals surface area (Å²) in [6.45, 7) is 6.79. The van der Waals surface area contributed by atoms with Crippen LogP contribution in [0.15, 0.2) is 23.1 Å². The molecule has 2 rings (SSSR count). The number of nitrogens with one attached hydrogen (secondary N) is 1. The van der Waals surface area contributed by atoms with Gasteiger partial charge in [0, 0.05) is 25.2 Å². The van der Waals surface area contributed by atoms with Crippen molar-refractivity contribution >= 4 is 34.0 Å². The molecule has 1 aliphatic rings. The Morgan fingerprint density at radius 3 is 2.30 bits per heavy atom. The molecule has 20 heavy (non-hydrogen) atoms. The Hall–Kier alpha value is -0.330. The standard InChI is InChI=1S/C13H19ClN2O2S.ClH/c1-9-4-5-13(12(14)6-9)19(17,18)16-7-10(2)15-11(3)8-16;/h4-6,10-11,15H,7-8H2,1-3H3;1H. The van der Waals surface area contributed by atoms with E-state index in [-0.39, 0.29) is 29.4 Å². The average molecular weight is 339 g/mol. The smallest absolute Gasteiger partial charge is 0.244 e. The lowest BCUT2D eigenvalue weighted by Gasteiger charge is -2.35. The van der Waals surface area contributed by atoms with E-state index in [0.29, 0.717) is 18.1 Å². The second-order valence-corrected chi connectivity index (χ2v) is 7.54. The van der Waals surface area contributed by atoms with E-state index in [1.165, 1.54) is 4.31 Å². The third-order valence-corrected chi connectivity index (χ3v) is 5.54. The molecule has 114 valence electrons. The molecule has 1 fully saturated rings. The van der Waals surface area contributed by atoms with Gasteiger partial charge >= 0.3 is 0 Å². The second-order valence-electron chi connectivity index (χ2n) is 5.22. The molecule has 1 heterocycles. The monoisotopic (exact) mass is 338 g/mol. The largest absolute Gasteiger partial charge is 0.309 e. The molecule has 0 saturated carbocycles. The topological polar surface area (TPSA) is 49.4 Å². The van der Waals surface area contributed by atoms with E-state index in [2.05, 4.69) is 5.32 Å². The van der Waals surface area contributed by atoms with Gasteiger partial charge in [-0.15, -0.1) is 12.4 Å². The fourth-order valence-corrected chi connectivity index (χ4v) is 4.62. The highest BCUT2D eigenvalue weighted by molar-refractivity contribution is 7.89. The van der Waals surface area contributed by atoms with Crippen LogP contribution in [0.3, 0.4) is 0 Å². The molecule has 0 spiro atoms. The van der Waals surface area contributed by atoms with Gasteiger partial charge in [0.25, 0.3) is 0 Å². The summed E-state index contributed by atoms with van der Waals surface area (Å²) in [6.07, 6.45) is 0. The Balaban J connectivity index is 0.00000200. The van der Waals surface area contributed by atoms with Crippen molar-refractivity contribution in [2.24, 2.45) is 0 Å². The van der Waals surface area contributed by atoms with E-state index < -0.39 is 10.0 Å². The summed E-state index contributed by atoms with van der Waals surface area (Å²) in [5.41, 5.74) is 0.950. The number of hydrogen-bond acceptors (Lipinski definition) is 3. The minimum absolute atomic E-state index is 0. The molecule has 2 unspecified atom stereocenters. The Kier molecular flexibility index (Phi) is 5.87. The van der Waals surface area contributed by atoms with Crippen LogP contribution >= 0.6 is 24.0 Å². The fraction of sp³-hybridized carbons (Fsp3) is 0.538. The molecule has 0 bridgehead atoms. The van der Waals surface area contributed by atoms with Crippen LogP contribution in [0, 0.1) is 6.92 Å². The molecule has 0 aromatic heterocycles. The summed E-state index contributed by atoms with van der Waals surface area (Å²) < 4.78 is 26.8. The molecule has 1 aromatic rings. The number of benzene rings is 1. The van der Waals surface area contributed by atoms with Gasteiger partial charge in [-0.25, -0.2) is 8.42 Å². The zero-order valence-corrected chi connectivity index (χ0v) is 14.1. The predicted octanol–water partition coefficient (Wildman–Crippen LogP) is 2.44. The Bertz CT molecular complexity index is 568. The number of aryl methyl sites for hydroxylation is 1. The first-order chi connectivity index (χ1) is 8.80. The van der Waals surface area contributed by atoms with Gasteiger partial charge in [-0.05, 0) is 38.5 Å². The first-order valence-corrected chi connectivity index (χ1v) is 8.15. The Morgan fingerprint density at radius 2 is 1.80 bits per heavy atom. The fourth-order valence-electron chi connectivity index (χ4n) is 2.43. The van der Waals surface area contributed by atoms with E-state index in [4.69, 9.17) is 11.6 Å². The molecule has 0 amide bonds. The third kappa shape index (κ3) is 3.65. The number of piperazine rings is 1. The number of rotatable bonds is 2. The molecule has 0 aliphatic carbocycles. The van der Waals surface area contributed by atoms with Gasteiger partial charge < -0.3 is 5.32 Å². The maximum Gasteiger partial charge on any atom is 0.244 e. The van der Waals surface area contributed by atoms with Crippen LogP contribution in [0.25, 0.3) is 0 Å². The van der Waals surface area contributed by atoms with E-state index in [0.717, 1.165) is 5.56 Å². The molecular formula is C13H20Cl2N2O2S. The van der Waals surface area contributed by atoms with Gasteiger partial charge in [0.1, 0.15) is 4.90 Å². The third-order valence-electron chi connectivity index (χ3n) is 3.23. The molecule has 4 nitrogen and oxygen atoms in total. The second kappa shape index (κ2) is 6.62. The molecule has 0 radical (unpaired) electrons. The van der Waals surface area contributed by atoms with Crippen LogP contribution in [0.1, 0.15) is 19.4 Å². The average Bonchev–Trinajstić information content (AvgIpc) is 2.26. The van der Waals surface area contributed by atoms with Crippen molar-refractivity contribution in [1.29, 1.82) is 0 Å². The van der Waals surface area contributed by atoms with Crippen LogP contribution in [0.4, 0.5) is 0 Å². The molecule has 7 heteroatoms. The molecule has 1 aliphatic heterocycles. The summed E-state index contributed by atoms with van der Waals surface area (Å²) in [6, 6.07) is 5.33. The summed E-state index contributed by atoms with van der Waals surface area (Å²) in [5.74, 6) is 0. The maximum absolute atomic E-state index is 12.6. The summed E-state index contributed by atoms with van der Waals surface area (Å²) in [5, 5.41) is 3.61. The normalized spacial score (nSPS) is 24.2. The maximum atomic E-state index is 12.6. The zero-order chi connectivity index (χ0) is 14.2. The van der Waals surface area contributed by atoms with E-state index in [1.54, 1.807) is 18.2 Å². The van der Waals surface area contributed by atoms with Crippen molar-refractivity contribution in [2.75, 3.05) is 13.1 Å². The SMILES string of the molecule is Cc1ccc(S(=O)(=O)N2CC(C)NC(C)C2)c(Cl)c1.Cl. The van der Waals surface area contributed by atoms with Crippen LogP contribution in [-0.4, -0.2) is 37.9 Å². The van der Waals surface area contributed by atoms with E-state index >= 15 is 0 Å². The first kappa shape index (κ1) is 17.7. The van der Waals surface area contributed by atoms with E-state index in [1.807, 2.05) is 20.8 Å². The minimum atomic E-state index is -3.51. The highest BCUT2D eigenvalue weighted by Crippen LogP contribution is 2.26. The number of halogens is 2. The highest BCUT2D eigenvalue weighted by Gasteiger charge is 2.32. The number of hydrogen-bond donors (Lipinski definition) is 1. The Morgan fingerprint density at radius 1 is 1.25 bits per heavy atom. The molecule has 2 atom stereocenters. The van der Waals surface area contributed by atoms with Crippen molar-refractivity contribution in [3.8, 4) is 0 Å². The summed E-state index contributed by atoms with van der Waals surface area (Å²) in [4.78, 5) is 0.195. The lowest BCUT2D eigenvalue weighted by atomic mass is 10.2. The van der Waals surface area contributed by atoms with Crippen LogP contribution in [0.2, 0.25) is 5.02 Å². The number of sulfonamides is 1. The van der Waals surface area contributed by atoms with Crippen LogP contribution < -0.4 is 5.32 Å². The molecule has 1 N–H and O–H groups in total. The predicted molar refractivity (Wildman–Crippen MR) is 84.3 cm³/mol. The van der Waals surface area contributed by atoms with Crippen molar-refractivity contribution in [3.63, 3.8) is 0 Å². The lowest BCUT2D eigenvalue weighted by molar-refractivity contribution is 0.263. The number of nitrogens with zero attached hydrogens (tertiary/aromatic N) is 1. The highest BCUT2D eigenvalue weighted by atomic mass is 35.5.